The Balaban J connectivity index is 1.54. The van der Waals surface area contributed by atoms with Crippen molar-refractivity contribution in [3.05, 3.63) is 59.7 Å². The predicted octanol–water partition coefficient (Wildman–Crippen LogP) is 2.16. The smallest absolute Gasteiger partial charge is 0.298 e. The molecule has 0 amide bonds. The molecule has 0 aromatic heterocycles. The molecule has 1 aliphatic heterocycles. The standard InChI is InChI=1S/C18H23N3O5S2/c1-15-4-10-18(11-5-15)28(24,25)26-20-19-17-8-6-16(7-9-17)14-27(22,23)21-12-2-3-13-21/h4-11,19-20H,2-3,12-14H2,1H3. The Morgan fingerprint density at radius 2 is 1.54 bits per heavy atom. The second-order valence-electron chi connectivity index (χ2n) is 6.64. The Kier molecular flexibility index (Phi) is 6.36. The van der Waals surface area contributed by atoms with Gasteiger partial charge < -0.3 is 0 Å². The third kappa shape index (κ3) is 5.30. The number of sulfonamides is 1. The number of anilines is 1. The van der Waals surface area contributed by atoms with Gasteiger partial charge in [0.25, 0.3) is 0 Å². The highest BCUT2D eigenvalue weighted by Gasteiger charge is 2.25. The lowest BCUT2D eigenvalue weighted by molar-refractivity contribution is 0.229. The zero-order valence-electron chi connectivity index (χ0n) is 15.5. The molecular formula is C18H23N3O5S2. The van der Waals surface area contributed by atoms with E-state index >= 15 is 0 Å². The van der Waals surface area contributed by atoms with Crippen LogP contribution in [-0.4, -0.2) is 34.2 Å². The molecule has 28 heavy (non-hydrogen) atoms. The minimum atomic E-state index is -3.95. The molecule has 1 aliphatic rings. The molecule has 8 nitrogen and oxygen atoms in total. The Morgan fingerprint density at radius 3 is 2.14 bits per heavy atom. The molecule has 0 spiro atoms. The van der Waals surface area contributed by atoms with Gasteiger partial charge in [-0.05, 0) is 49.6 Å². The third-order valence-electron chi connectivity index (χ3n) is 4.42. The second-order valence-corrected chi connectivity index (χ2v) is 10.2. The van der Waals surface area contributed by atoms with Crippen LogP contribution in [0, 0.1) is 6.92 Å². The van der Waals surface area contributed by atoms with Crippen molar-refractivity contribution in [2.45, 2.75) is 30.4 Å². The fourth-order valence-electron chi connectivity index (χ4n) is 2.84. The van der Waals surface area contributed by atoms with Crippen LogP contribution in [0.3, 0.4) is 0 Å². The number of nitrogens with one attached hydrogen (secondary N) is 2. The van der Waals surface area contributed by atoms with Crippen molar-refractivity contribution in [2.75, 3.05) is 18.5 Å². The fraction of sp³-hybridized carbons (Fsp3) is 0.333. The highest BCUT2D eigenvalue weighted by Crippen LogP contribution is 2.18. The number of aryl methyl sites for hydroxylation is 1. The lowest BCUT2D eigenvalue weighted by Gasteiger charge is -2.15. The van der Waals surface area contributed by atoms with Gasteiger partial charge in [0.15, 0.2) is 0 Å². The molecule has 2 aromatic carbocycles. The van der Waals surface area contributed by atoms with Crippen molar-refractivity contribution in [3.63, 3.8) is 0 Å². The van der Waals surface area contributed by atoms with Gasteiger partial charge in [-0.25, -0.2) is 12.7 Å². The molecule has 0 saturated carbocycles. The van der Waals surface area contributed by atoms with E-state index in [0.29, 0.717) is 24.3 Å². The van der Waals surface area contributed by atoms with E-state index in [1.807, 2.05) is 6.92 Å². The second kappa shape index (κ2) is 8.58. The summed E-state index contributed by atoms with van der Waals surface area (Å²) in [5, 5.41) is 0. The van der Waals surface area contributed by atoms with Gasteiger partial charge in [-0.3, -0.25) is 5.43 Å². The van der Waals surface area contributed by atoms with E-state index in [1.54, 1.807) is 36.4 Å². The van der Waals surface area contributed by atoms with Crippen LogP contribution < -0.4 is 11.0 Å². The van der Waals surface area contributed by atoms with Gasteiger partial charge in [0, 0.05) is 13.1 Å². The monoisotopic (exact) mass is 425 g/mol. The number of rotatable bonds is 8. The Morgan fingerprint density at radius 1 is 0.929 bits per heavy atom. The van der Waals surface area contributed by atoms with Crippen LogP contribution >= 0.6 is 0 Å². The SMILES string of the molecule is Cc1ccc(S(=O)(=O)ONNc2ccc(CS(=O)(=O)N3CCCC3)cc2)cc1. The van der Waals surface area contributed by atoms with Crippen LogP contribution in [0.4, 0.5) is 5.69 Å². The average Bonchev–Trinajstić information content (AvgIpc) is 3.19. The zero-order valence-corrected chi connectivity index (χ0v) is 17.1. The molecule has 3 rings (SSSR count). The van der Waals surface area contributed by atoms with E-state index in [2.05, 4.69) is 11.0 Å². The summed E-state index contributed by atoms with van der Waals surface area (Å²) in [5.74, 6) is -0.0565. The molecule has 1 saturated heterocycles. The van der Waals surface area contributed by atoms with Gasteiger partial charge in [0.05, 0.1) is 16.3 Å². The maximum atomic E-state index is 12.3. The number of hydrogen-bond acceptors (Lipinski definition) is 7. The predicted molar refractivity (Wildman–Crippen MR) is 106 cm³/mol. The Hall–Kier alpha value is -1.98. The van der Waals surface area contributed by atoms with Gasteiger partial charge in [-0.1, -0.05) is 35.4 Å². The van der Waals surface area contributed by atoms with E-state index in [0.717, 1.165) is 18.4 Å². The van der Waals surface area contributed by atoms with E-state index in [-0.39, 0.29) is 10.6 Å². The number of benzene rings is 2. The van der Waals surface area contributed by atoms with E-state index in [9.17, 15) is 16.8 Å². The maximum Gasteiger partial charge on any atom is 0.314 e. The molecule has 152 valence electrons. The summed E-state index contributed by atoms with van der Waals surface area (Å²) in [6, 6.07) is 12.9. The first kappa shape index (κ1) is 20.7. The highest BCUT2D eigenvalue weighted by molar-refractivity contribution is 7.88. The molecule has 2 N–H and O–H groups in total. The van der Waals surface area contributed by atoms with Gasteiger partial charge in [-0.2, -0.15) is 12.7 Å². The molecule has 1 heterocycles. The largest absolute Gasteiger partial charge is 0.314 e. The van der Waals surface area contributed by atoms with Gasteiger partial charge in [-0.15, -0.1) is 0 Å². The molecule has 0 bridgehead atoms. The topological polar surface area (TPSA) is 105 Å². The molecule has 0 atom stereocenters. The van der Waals surface area contributed by atoms with Crippen molar-refractivity contribution in [1.29, 1.82) is 0 Å². The summed E-state index contributed by atoms with van der Waals surface area (Å²) in [6.45, 7) is 3.02. The van der Waals surface area contributed by atoms with Crippen LogP contribution in [-0.2, 0) is 30.2 Å². The average molecular weight is 426 g/mol. The zero-order chi connectivity index (χ0) is 20.2. The summed E-state index contributed by atoms with van der Waals surface area (Å²) in [4.78, 5) is 0.0369. The minimum Gasteiger partial charge on any atom is -0.298 e. The van der Waals surface area contributed by atoms with Crippen molar-refractivity contribution >= 4 is 25.8 Å². The quantitative estimate of drug-likeness (QED) is 0.625. The minimum absolute atomic E-state index is 0.0369. The molecule has 10 heteroatoms. The Labute approximate surface area is 165 Å². The number of hydrogen-bond donors (Lipinski definition) is 2. The van der Waals surface area contributed by atoms with Crippen LogP contribution in [0.25, 0.3) is 0 Å². The van der Waals surface area contributed by atoms with Crippen molar-refractivity contribution in [1.82, 2.24) is 9.89 Å². The van der Waals surface area contributed by atoms with Gasteiger partial charge in [0.2, 0.25) is 10.0 Å². The van der Waals surface area contributed by atoms with Crippen LogP contribution in [0.15, 0.2) is 53.4 Å². The van der Waals surface area contributed by atoms with Gasteiger partial charge >= 0.3 is 10.1 Å². The number of hydrazine groups is 1. The first-order chi connectivity index (χ1) is 13.3. The molecule has 2 aromatic rings. The maximum absolute atomic E-state index is 12.3. The molecule has 0 aliphatic carbocycles. The normalized spacial score (nSPS) is 15.6. The lowest BCUT2D eigenvalue weighted by Crippen LogP contribution is -2.29. The third-order valence-corrected chi connectivity index (χ3v) is 7.42. The van der Waals surface area contributed by atoms with Crippen molar-refractivity contribution < 1.29 is 21.1 Å². The summed E-state index contributed by atoms with van der Waals surface area (Å²) >= 11 is 0. The Bertz CT molecular complexity index is 998. The van der Waals surface area contributed by atoms with Crippen molar-refractivity contribution in [3.8, 4) is 0 Å². The summed E-state index contributed by atoms with van der Waals surface area (Å²) in [7, 11) is -7.25. The van der Waals surface area contributed by atoms with E-state index < -0.39 is 20.1 Å². The molecular weight excluding hydrogens is 402 g/mol. The molecule has 1 fully saturated rings. The highest BCUT2D eigenvalue weighted by atomic mass is 32.2. The summed E-state index contributed by atoms with van der Waals surface area (Å²) in [5.41, 5.74) is 6.95. The summed E-state index contributed by atoms with van der Waals surface area (Å²) in [6.07, 6.45) is 1.80. The van der Waals surface area contributed by atoms with Crippen LogP contribution in [0.5, 0.6) is 0 Å². The lowest BCUT2D eigenvalue weighted by atomic mass is 10.2. The molecule has 0 radical (unpaired) electrons. The summed E-state index contributed by atoms with van der Waals surface area (Å²) < 4.78 is 55.1. The first-order valence-corrected chi connectivity index (χ1v) is 11.9. The van der Waals surface area contributed by atoms with Crippen LogP contribution in [0.1, 0.15) is 24.0 Å². The first-order valence-electron chi connectivity index (χ1n) is 8.84. The number of nitrogens with zero attached hydrogens (tertiary/aromatic N) is 1. The molecule has 0 unspecified atom stereocenters. The van der Waals surface area contributed by atoms with Crippen molar-refractivity contribution in [2.24, 2.45) is 0 Å². The van der Waals surface area contributed by atoms with E-state index in [1.165, 1.54) is 16.4 Å². The van der Waals surface area contributed by atoms with E-state index in [4.69, 9.17) is 4.28 Å². The van der Waals surface area contributed by atoms with Crippen LogP contribution in [0.2, 0.25) is 0 Å². The fourth-order valence-corrected chi connectivity index (χ4v) is 5.17. The van der Waals surface area contributed by atoms with Gasteiger partial charge in [0.1, 0.15) is 0 Å².